The van der Waals surface area contributed by atoms with Gasteiger partial charge in [0.05, 0.1) is 12.0 Å². The van der Waals surface area contributed by atoms with Crippen LogP contribution in [0.3, 0.4) is 0 Å². The van der Waals surface area contributed by atoms with Gasteiger partial charge in [-0.25, -0.2) is 0 Å². The largest absolute Gasteiger partial charge is 0.297 e. The number of hydrogen-bond donors (Lipinski definition) is 0. The molecule has 0 N–H and O–H groups in total. The van der Waals surface area contributed by atoms with Crippen molar-refractivity contribution < 1.29 is 0 Å². The van der Waals surface area contributed by atoms with Gasteiger partial charge in [0.1, 0.15) is 0 Å². The van der Waals surface area contributed by atoms with Crippen LogP contribution in [0.25, 0.3) is 0 Å². The van der Waals surface area contributed by atoms with E-state index in [1.54, 1.807) is 0 Å². The van der Waals surface area contributed by atoms with Gasteiger partial charge in [-0.05, 0) is 40.2 Å². The molecule has 19 heavy (non-hydrogen) atoms. The Morgan fingerprint density at radius 1 is 1.11 bits per heavy atom. The molecular formula is C17H24N2. The number of aryl methyl sites for hydroxylation is 2. The summed E-state index contributed by atoms with van der Waals surface area (Å²) < 4.78 is 0. The number of nitrogens with zero attached hydrogens (tertiary/aromatic N) is 2. The van der Waals surface area contributed by atoms with Gasteiger partial charge in [0.25, 0.3) is 0 Å². The van der Waals surface area contributed by atoms with Crippen LogP contribution in [-0.2, 0) is 0 Å². The number of likely N-dealkylation sites (tertiary alicyclic amines) is 1. The normalized spacial score (nSPS) is 24.4. The highest BCUT2D eigenvalue weighted by Crippen LogP contribution is 2.36. The number of nitriles is 1. The first-order valence-electron chi connectivity index (χ1n) is 7.04. The molecule has 1 aromatic rings. The number of benzene rings is 1. The lowest BCUT2D eigenvalue weighted by Crippen LogP contribution is -2.39. The average Bonchev–Trinajstić information content (AvgIpc) is 2.71. The van der Waals surface area contributed by atoms with E-state index < -0.39 is 0 Å². The van der Waals surface area contributed by atoms with E-state index in [-0.39, 0.29) is 11.5 Å². The molecule has 1 aliphatic rings. The Kier molecular flexibility index (Phi) is 3.69. The van der Waals surface area contributed by atoms with Crippen molar-refractivity contribution >= 4 is 0 Å². The van der Waals surface area contributed by atoms with Gasteiger partial charge in [0.15, 0.2) is 0 Å². The van der Waals surface area contributed by atoms with E-state index in [2.05, 4.69) is 63.8 Å². The van der Waals surface area contributed by atoms with Gasteiger partial charge >= 0.3 is 0 Å². The van der Waals surface area contributed by atoms with E-state index in [0.717, 1.165) is 13.1 Å². The molecule has 2 atom stereocenters. The molecule has 0 radical (unpaired) electrons. The van der Waals surface area contributed by atoms with Crippen molar-refractivity contribution in [1.82, 2.24) is 4.90 Å². The minimum Gasteiger partial charge on any atom is -0.297 e. The Hall–Kier alpha value is -1.33. The fourth-order valence-electron chi connectivity index (χ4n) is 3.04. The van der Waals surface area contributed by atoms with Crippen LogP contribution >= 0.6 is 0 Å². The Bertz CT molecular complexity index is 485. The molecular weight excluding hydrogens is 232 g/mol. The summed E-state index contributed by atoms with van der Waals surface area (Å²) >= 11 is 0. The van der Waals surface area contributed by atoms with Crippen LogP contribution in [-0.4, -0.2) is 23.5 Å². The first-order chi connectivity index (χ1) is 8.81. The van der Waals surface area contributed by atoms with Crippen LogP contribution in [0.5, 0.6) is 0 Å². The highest BCUT2D eigenvalue weighted by molar-refractivity contribution is 5.33. The van der Waals surface area contributed by atoms with Gasteiger partial charge in [0, 0.05) is 24.5 Å². The number of rotatable bonds is 1. The summed E-state index contributed by atoms with van der Waals surface area (Å²) in [4.78, 5) is 2.43. The average molecular weight is 256 g/mol. The molecule has 2 rings (SSSR count). The van der Waals surface area contributed by atoms with E-state index in [1.807, 2.05) is 0 Å². The van der Waals surface area contributed by atoms with Gasteiger partial charge in [-0.3, -0.25) is 4.90 Å². The molecule has 0 amide bonds. The highest BCUT2D eigenvalue weighted by Gasteiger charge is 2.38. The summed E-state index contributed by atoms with van der Waals surface area (Å²) in [6.07, 6.45) is 0. The van der Waals surface area contributed by atoms with Crippen molar-refractivity contribution in [3.05, 3.63) is 34.9 Å². The first kappa shape index (κ1) is 14.1. The molecule has 0 saturated carbocycles. The van der Waals surface area contributed by atoms with Crippen LogP contribution in [0.2, 0.25) is 0 Å². The maximum atomic E-state index is 9.44. The fourth-order valence-corrected chi connectivity index (χ4v) is 3.04. The summed E-state index contributed by atoms with van der Waals surface area (Å²) in [5, 5.41) is 9.44. The van der Waals surface area contributed by atoms with Crippen LogP contribution in [0.15, 0.2) is 18.2 Å². The molecule has 1 aromatic carbocycles. The third-order valence-corrected chi connectivity index (χ3v) is 4.11. The van der Waals surface area contributed by atoms with Crippen molar-refractivity contribution in [2.24, 2.45) is 5.92 Å². The molecule has 1 fully saturated rings. The molecule has 2 heteroatoms. The van der Waals surface area contributed by atoms with Crippen molar-refractivity contribution in [2.45, 2.75) is 46.1 Å². The third-order valence-electron chi connectivity index (χ3n) is 4.11. The van der Waals surface area contributed by atoms with Crippen molar-refractivity contribution in [1.29, 1.82) is 5.26 Å². The molecule has 102 valence electrons. The van der Waals surface area contributed by atoms with Crippen LogP contribution in [0.4, 0.5) is 0 Å². The zero-order valence-electron chi connectivity index (χ0n) is 12.7. The Morgan fingerprint density at radius 3 is 2.16 bits per heavy atom. The first-order valence-corrected chi connectivity index (χ1v) is 7.04. The lowest BCUT2D eigenvalue weighted by Gasteiger charge is -2.31. The second kappa shape index (κ2) is 4.98. The predicted octanol–water partition coefficient (Wildman–Crippen LogP) is 3.64. The molecule has 0 unspecified atom stereocenters. The van der Waals surface area contributed by atoms with E-state index in [4.69, 9.17) is 0 Å². The summed E-state index contributed by atoms with van der Waals surface area (Å²) in [6, 6.07) is 9.20. The maximum absolute atomic E-state index is 9.44. The molecule has 0 spiro atoms. The Balaban J connectivity index is 2.31. The summed E-state index contributed by atoms with van der Waals surface area (Å²) in [6.45, 7) is 12.8. The summed E-state index contributed by atoms with van der Waals surface area (Å²) in [7, 11) is 0. The topological polar surface area (TPSA) is 27.0 Å². The molecule has 1 aliphatic heterocycles. The van der Waals surface area contributed by atoms with Crippen molar-refractivity contribution in [2.75, 3.05) is 13.1 Å². The van der Waals surface area contributed by atoms with E-state index in [1.165, 1.54) is 16.7 Å². The van der Waals surface area contributed by atoms with Crippen LogP contribution in [0, 0.1) is 31.1 Å². The summed E-state index contributed by atoms with van der Waals surface area (Å²) in [5.41, 5.74) is 4.06. The molecule has 0 aromatic heterocycles. The minimum absolute atomic E-state index is 0.112. The van der Waals surface area contributed by atoms with E-state index >= 15 is 0 Å². The fraction of sp³-hybridized carbons (Fsp3) is 0.588. The minimum atomic E-state index is 0.112. The molecule has 2 nitrogen and oxygen atoms in total. The zero-order chi connectivity index (χ0) is 14.2. The molecule has 0 aliphatic carbocycles. The van der Waals surface area contributed by atoms with Gasteiger partial charge in [-0.15, -0.1) is 0 Å². The second-order valence-electron chi connectivity index (χ2n) is 6.84. The smallest absolute Gasteiger partial charge is 0.0676 e. The van der Waals surface area contributed by atoms with Crippen molar-refractivity contribution in [3.8, 4) is 6.07 Å². The zero-order valence-corrected chi connectivity index (χ0v) is 12.7. The third kappa shape index (κ3) is 2.98. The van der Waals surface area contributed by atoms with E-state index in [9.17, 15) is 5.26 Å². The predicted molar refractivity (Wildman–Crippen MR) is 79.1 cm³/mol. The summed E-state index contributed by atoms with van der Waals surface area (Å²) in [5.74, 6) is 0.461. The van der Waals surface area contributed by atoms with Crippen LogP contribution in [0.1, 0.15) is 43.4 Å². The maximum Gasteiger partial charge on any atom is 0.0676 e. The van der Waals surface area contributed by atoms with Crippen LogP contribution < -0.4 is 0 Å². The van der Waals surface area contributed by atoms with Gasteiger partial charge in [0.2, 0.25) is 0 Å². The quantitative estimate of drug-likeness (QED) is 0.767. The monoisotopic (exact) mass is 256 g/mol. The Labute approximate surface area is 117 Å². The molecule has 1 saturated heterocycles. The SMILES string of the molecule is Cc1cc(C)cc([C@@H]2CN(C(C)(C)C)C[C@H]2C#N)c1. The lowest BCUT2D eigenvalue weighted by atomic mass is 9.88. The van der Waals surface area contributed by atoms with Gasteiger partial charge in [-0.2, -0.15) is 5.26 Å². The molecule has 0 bridgehead atoms. The number of hydrogen-bond acceptors (Lipinski definition) is 2. The lowest BCUT2D eigenvalue weighted by molar-refractivity contribution is 0.170. The van der Waals surface area contributed by atoms with Crippen molar-refractivity contribution in [3.63, 3.8) is 0 Å². The highest BCUT2D eigenvalue weighted by atomic mass is 15.2. The van der Waals surface area contributed by atoms with E-state index in [0.29, 0.717) is 5.92 Å². The Morgan fingerprint density at radius 2 is 1.68 bits per heavy atom. The van der Waals surface area contributed by atoms with Gasteiger partial charge in [-0.1, -0.05) is 29.3 Å². The second-order valence-corrected chi connectivity index (χ2v) is 6.84. The van der Waals surface area contributed by atoms with Gasteiger partial charge < -0.3 is 0 Å². The standard InChI is InChI=1S/C17H24N2/c1-12-6-13(2)8-14(7-12)16-11-19(17(3,4)5)10-15(16)9-18/h6-8,15-16H,10-11H2,1-5H3/t15-,16+/m1/s1. The molecule has 1 heterocycles.